The molecule has 0 atom stereocenters. The Bertz CT molecular complexity index is 115. The van der Waals surface area contributed by atoms with Crippen LogP contribution >= 0.6 is 11.8 Å². The standard InChI is InChI=1S/C7H7S/c1-2-4-6-8-7-5-3-1/h1-7H/b2-1-,5-3-,6-4-. The average Bonchev–Trinajstić information content (AvgIpc) is 1.62. The summed E-state index contributed by atoms with van der Waals surface area (Å²) in [7, 11) is 0. The Hall–Kier alpha value is -0.430. The first-order valence-corrected chi connectivity index (χ1v) is 3.41. The highest BCUT2D eigenvalue weighted by Gasteiger charge is 1.76. The molecule has 0 saturated heterocycles. The van der Waals surface area contributed by atoms with E-state index in [0.717, 1.165) is 0 Å². The molecule has 0 N–H and O–H groups in total. The molecule has 0 amide bonds. The summed E-state index contributed by atoms with van der Waals surface area (Å²) >= 11 is 1.69. The third-order valence-electron chi connectivity index (χ3n) is 0.759. The molecule has 8 heavy (non-hydrogen) atoms. The Balaban J connectivity index is 2.51. The van der Waals surface area contributed by atoms with E-state index >= 15 is 0 Å². The second-order valence-corrected chi connectivity index (χ2v) is 2.19. The van der Waals surface area contributed by atoms with Gasteiger partial charge in [-0.3, -0.25) is 0 Å². The van der Waals surface area contributed by atoms with E-state index in [2.05, 4.69) is 0 Å². The lowest BCUT2D eigenvalue weighted by atomic mass is 10.4. The van der Waals surface area contributed by atoms with E-state index in [9.17, 15) is 0 Å². The fraction of sp³-hybridized carbons (Fsp3) is 0. The molecule has 1 heterocycles. The summed E-state index contributed by atoms with van der Waals surface area (Å²) in [6.07, 6.45) is 10.1. The number of hydrogen-bond donors (Lipinski definition) is 0. The maximum absolute atomic E-state index is 2.04. The Morgan fingerprint density at radius 2 is 1.50 bits per heavy atom. The van der Waals surface area contributed by atoms with Gasteiger partial charge in [-0.2, -0.15) is 0 Å². The molecule has 1 radical (unpaired) electrons. The largest absolute Gasteiger partial charge is 0.125 e. The van der Waals surface area contributed by atoms with Crippen LogP contribution in [0.1, 0.15) is 0 Å². The molecule has 0 fully saturated rings. The number of thioether (sulfide) groups is 1. The van der Waals surface area contributed by atoms with E-state index < -0.39 is 0 Å². The van der Waals surface area contributed by atoms with Crippen molar-refractivity contribution >= 4 is 11.8 Å². The quantitative estimate of drug-likeness (QED) is 0.477. The smallest absolute Gasteiger partial charge is 0.0429 e. The van der Waals surface area contributed by atoms with Crippen molar-refractivity contribution in [2.45, 2.75) is 0 Å². The number of rotatable bonds is 0. The Morgan fingerprint density at radius 3 is 2.50 bits per heavy atom. The van der Waals surface area contributed by atoms with Crippen molar-refractivity contribution in [3.63, 3.8) is 0 Å². The molecule has 0 nitrogen and oxygen atoms in total. The summed E-state index contributed by atoms with van der Waals surface area (Å²) in [6, 6.07) is 0. The molecule has 0 saturated carbocycles. The average molecular weight is 123 g/mol. The van der Waals surface area contributed by atoms with Gasteiger partial charge >= 0.3 is 0 Å². The molecule has 0 aliphatic carbocycles. The minimum Gasteiger partial charge on any atom is -0.125 e. The third kappa shape index (κ3) is 2.03. The van der Waals surface area contributed by atoms with Crippen LogP contribution in [0.2, 0.25) is 0 Å². The zero-order valence-corrected chi connectivity index (χ0v) is 5.27. The van der Waals surface area contributed by atoms with Gasteiger partial charge in [-0.1, -0.05) is 30.4 Å². The van der Waals surface area contributed by atoms with Crippen LogP contribution in [-0.4, -0.2) is 0 Å². The van der Waals surface area contributed by atoms with E-state index in [1.54, 1.807) is 11.8 Å². The summed E-state index contributed by atoms with van der Waals surface area (Å²) in [5.41, 5.74) is 0. The van der Waals surface area contributed by atoms with Crippen molar-refractivity contribution in [2.24, 2.45) is 0 Å². The van der Waals surface area contributed by atoms with Crippen LogP contribution in [0.4, 0.5) is 0 Å². The van der Waals surface area contributed by atoms with Crippen molar-refractivity contribution < 1.29 is 0 Å². The molecule has 0 aromatic rings. The SMILES string of the molecule is [CH]1\C=C/C=C\C=C/S1. The Labute approximate surface area is 54.0 Å². The Morgan fingerprint density at radius 1 is 0.750 bits per heavy atom. The van der Waals surface area contributed by atoms with Gasteiger partial charge in [0.2, 0.25) is 0 Å². The van der Waals surface area contributed by atoms with Gasteiger partial charge in [-0.25, -0.2) is 0 Å². The van der Waals surface area contributed by atoms with Gasteiger partial charge < -0.3 is 0 Å². The molecule has 1 aliphatic rings. The summed E-state index contributed by atoms with van der Waals surface area (Å²) < 4.78 is 0. The van der Waals surface area contributed by atoms with E-state index in [4.69, 9.17) is 0 Å². The monoisotopic (exact) mass is 123 g/mol. The van der Waals surface area contributed by atoms with E-state index in [1.807, 2.05) is 41.5 Å². The molecule has 0 bridgehead atoms. The lowest BCUT2D eigenvalue weighted by Crippen LogP contribution is -1.58. The number of hydrogen-bond acceptors (Lipinski definition) is 1. The molecule has 1 heteroatoms. The van der Waals surface area contributed by atoms with Crippen LogP contribution in [0, 0.1) is 5.75 Å². The first-order chi connectivity index (χ1) is 4.00. The van der Waals surface area contributed by atoms with Crippen molar-refractivity contribution in [2.75, 3.05) is 0 Å². The zero-order valence-electron chi connectivity index (χ0n) is 4.45. The predicted molar refractivity (Wildman–Crippen MR) is 39.3 cm³/mol. The molecule has 1 aliphatic heterocycles. The fourth-order valence-corrected chi connectivity index (χ4v) is 0.873. The van der Waals surface area contributed by atoms with Crippen LogP contribution in [0.15, 0.2) is 35.8 Å². The second kappa shape index (κ2) is 3.56. The maximum atomic E-state index is 2.04. The summed E-state index contributed by atoms with van der Waals surface area (Å²) in [5, 5.41) is 2.04. The van der Waals surface area contributed by atoms with Crippen LogP contribution < -0.4 is 0 Å². The number of allylic oxidation sites excluding steroid dienone is 4. The van der Waals surface area contributed by atoms with Crippen molar-refractivity contribution in [3.8, 4) is 0 Å². The van der Waals surface area contributed by atoms with Crippen molar-refractivity contribution in [1.29, 1.82) is 0 Å². The highest BCUT2D eigenvalue weighted by Crippen LogP contribution is 2.09. The normalized spacial score (nSPS) is 30.0. The lowest BCUT2D eigenvalue weighted by molar-refractivity contribution is 1.87. The van der Waals surface area contributed by atoms with Crippen molar-refractivity contribution in [1.82, 2.24) is 0 Å². The first-order valence-electron chi connectivity index (χ1n) is 2.47. The van der Waals surface area contributed by atoms with Crippen LogP contribution in [0.5, 0.6) is 0 Å². The minimum atomic E-state index is 1.69. The van der Waals surface area contributed by atoms with Gasteiger partial charge in [0.15, 0.2) is 0 Å². The topological polar surface area (TPSA) is 0 Å². The maximum Gasteiger partial charge on any atom is 0.0429 e. The summed E-state index contributed by atoms with van der Waals surface area (Å²) in [6.45, 7) is 0. The Kier molecular flexibility index (Phi) is 2.54. The molecule has 0 aromatic heterocycles. The lowest BCUT2D eigenvalue weighted by Gasteiger charge is -1.85. The minimum absolute atomic E-state index is 1.69. The molecule has 0 spiro atoms. The first kappa shape index (κ1) is 5.70. The predicted octanol–water partition coefficient (Wildman–Crippen LogP) is 2.52. The van der Waals surface area contributed by atoms with Gasteiger partial charge in [0.05, 0.1) is 0 Å². The van der Waals surface area contributed by atoms with E-state index in [0.29, 0.717) is 0 Å². The molecular weight excluding hydrogens is 116 g/mol. The van der Waals surface area contributed by atoms with Gasteiger partial charge in [-0.15, -0.1) is 11.8 Å². The van der Waals surface area contributed by atoms with Crippen LogP contribution in [0.25, 0.3) is 0 Å². The molecule has 1 rings (SSSR count). The highest BCUT2D eigenvalue weighted by atomic mass is 32.2. The zero-order chi connectivity index (χ0) is 5.66. The highest BCUT2D eigenvalue weighted by molar-refractivity contribution is 8.04. The van der Waals surface area contributed by atoms with Gasteiger partial charge in [0, 0.05) is 5.75 Å². The van der Waals surface area contributed by atoms with Gasteiger partial charge in [-0.05, 0) is 5.41 Å². The van der Waals surface area contributed by atoms with E-state index in [1.165, 1.54) is 0 Å². The van der Waals surface area contributed by atoms with Gasteiger partial charge in [0.1, 0.15) is 0 Å². The third-order valence-corrected chi connectivity index (χ3v) is 1.39. The fourth-order valence-electron chi connectivity index (χ4n) is 0.419. The van der Waals surface area contributed by atoms with Crippen LogP contribution in [0.3, 0.4) is 0 Å². The summed E-state index contributed by atoms with van der Waals surface area (Å²) in [5.74, 6) is 2.04. The van der Waals surface area contributed by atoms with Crippen LogP contribution in [-0.2, 0) is 0 Å². The van der Waals surface area contributed by atoms with Gasteiger partial charge in [0.25, 0.3) is 0 Å². The molecule has 0 unspecified atom stereocenters. The molecule has 41 valence electrons. The van der Waals surface area contributed by atoms with Crippen molar-refractivity contribution in [3.05, 3.63) is 41.5 Å². The molecular formula is C7H7S. The molecule has 0 aromatic carbocycles. The summed E-state index contributed by atoms with van der Waals surface area (Å²) in [4.78, 5) is 0. The second-order valence-electron chi connectivity index (χ2n) is 1.37. The van der Waals surface area contributed by atoms with E-state index in [-0.39, 0.29) is 0 Å².